The van der Waals surface area contributed by atoms with Crippen LogP contribution in [-0.4, -0.2) is 26.3 Å². The maximum Gasteiger partial charge on any atom is 0.191 e. The first kappa shape index (κ1) is 16.0. The highest BCUT2D eigenvalue weighted by atomic mass is 32.2. The fourth-order valence-corrected chi connectivity index (χ4v) is 3.84. The minimum Gasteiger partial charge on any atom is -0.302 e. The van der Waals surface area contributed by atoms with Gasteiger partial charge in [-0.2, -0.15) is 0 Å². The van der Waals surface area contributed by atoms with Gasteiger partial charge < -0.3 is 4.57 Å². The number of carbonyl (C=O) groups excluding carboxylic acids is 1. The third-order valence-electron chi connectivity index (χ3n) is 3.48. The van der Waals surface area contributed by atoms with Crippen LogP contribution < -0.4 is 0 Å². The minimum atomic E-state index is 0.110. The van der Waals surface area contributed by atoms with Crippen molar-refractivity contribution in [1.29, 1.82) is 0 Å². The number of thiophene rings is 1. The summed E-state index contributed by atoms with van der Waals surface area (Å²) in [6, 6.07) is 11.7. The number of aryl methyl sites for hydroxylation is 1. The second-order valence-corrected chi connectivity index (χ2v) is 7.00. The van der Waals surface area contributed by atoms with Crippen LogP contribution in [0.15, 0.2) is 46.9 Å². The van der Waals surface area contributed by atoms with Crippen molar-refractivity contribution < 1.29 is 4.79 Å². The number of Topliss-reactive ketones (excluding diaryl/α,β-unsaturated/α-hetero) is 1. The van der Waals surface area contributed by atoms with Crippen molar-refractivity contribution >= 4 is 28.9 Å². The van der Waals surface area contributed by atoms with Gasteiger partial charge in [-0.05, 0) is 25.3 Å². The summed E-state index contributed by atoms with van der Waals surface area (Å²) in [4.78, 5) is 13.4. The maximum absolute atomic E-state index is 12.3. The van der Waals surface area contributed by atoms with Gasteiger partial charge in [-0.3, -0.25) is 4.79 Å². The summed E-state index contributed by atoms with van der Waals surface area (Å²) in [5, 5.41) is 11.3. The van der Waals surface area contributed by atoms with Crippen LogP contribution in [0.5, 0.6) is 0 Å². The van der Waals surface area contributed by atoms with Crippen LogP contribution in [-0.2, 0) is 6.54 Å². The van der Waals surface area contributed by atoms with Gasteiger partial charge in [-0.1, -0.05) is 47.7 Å². The average molecular weight is 343 g/mol. The minimum absolute atomic E-state index is 0.110. The topological polar surface area (TPSA) is 47.8 Å². The van der Waals surface area contributed by atoms with E-state index in [0.717, 1.165) is 33.5 Å². The Hall–Kier alpha value is -1.92. The fourth-order valence-electron chi connectivity index (χ4n) is 2.22. The van der Waals surface area contributed by atoms with Crippen molar-refractivity contribution in [3.8, 4) is 10.7 Å². The zero-order valence-corrected chi connectivity index (χ0v) is 14.7. The lowest BCUT2D eigenvalue weighted by molar-refractivity contribution is 0.102. The molecular formula is C17H17N3OS2. The Bertz CT molecular complexity index is 792. The van der Waals surface area contributed by atoms with Gasteiger partial charge in [0.2, 0.25) is 0 Å². The third kappa shape index (κ3) is 3.54. The highest BCUT2D eigenvalue weighted by Gasteiger charge is 2.15. The first-order valence-electron chi connectivity index (χ1n) is 7.38. The molecule has 3 rings (SSSR count). The number of benzene rings is 1. The number of hydrogen-bond acceptors (Lipinski definition) is 5. The van der Waals surface area contributed by atoms with E-state index in [1.807, 2.05) is 48.7 Å². The summed E-state index contributed by atoms with van der Waals surface area (Å²) >= 11 is 3.08. The predicted molar refractivity (Wildman–Crippen MR) is 95.2 cm³/mol. The number of aromatic nitrogens is 3. The second-order valence-electron chi connectivity index (χ2n) is 5.11. The van der Waals surface area contributed by atoms with Gasteiger partial charge >= 0.3 is 0 Å². The molecule has 0 fully saturated rings. The number of thioether (sulfide) groups is 1. The summed E-state index contributed by atoms with van der Waals surface area (Å²) in [7, 11) is 0. The zero-order valence-electron chi connectivity index (χ0n) is 13.0. The molecule has 3 aromatic rings. The molecule has 0 saturated carbocycles. The van der Waals surface area contributed by atoms with E-state index in [1.54, 1.807) is 11.3 Å². The predicted octanol–water partition coefficient (Wildman–Crippen LogP) is 4.31. The van der Waals surface area contributed by atoms with E-state index in [0.29, 0.717) is 5.75 Å². The van der Waals surface area contributed by atoms with Crippen molar-refractivity contribution in [2.24, 2.45) is 0 Å². The molecule has 23 heavy (non-hydrogen) atoms. The molecule has 4 nitrogen and oxygen atoms in total. The number of rotatable bonds is 6. The van der Waals surface area contributed by atoms with Gasteiger partial charge in [-0.15, -0.1) is 21.5 Å². The lowest BCUT2D eigenvalue weighted by atomic mass is 10.1. The molecule has 0 aliphatic rings. The van der Waals surface area contributed by atoms with E-state index in [1.165, 1.54) is 11.8 Å². The van der Waals surface area contributed by atoms with E-state index in [4.69, 9.17) is 0 Å². The fraction of sp³-hybridized carbons (Fsp3) is 0.235. The molecule has 1 aromatic carbocycles. The average Bonchev–Trinajstić information content (AvgIpc) is 3.22. The summed E-state index contributed by atoms with van der Waals surface area (Å²) < 4.78 is 2.05. The second kappa shape index (κ2) is 7.10. The number of ketones is 1. The first-order chi connectivity index (χ1) is 11.2. The van der Waals surface area contributed by atoms with Crippen molar-refractivity contribution in [3.05, 3.63) is 52.9 Å². The lowest BCUT2D eigenvalue weighted by Gasteiger charge is -2.06. The van der Waals surface area contributed by atoms with E-state index in [-0.39, 0.29) is 5.78 Å². The summed E-state index contributed by atoms with van der Waals surface area (Å²) in [6.07, 6.45) is 0. The van der Waals surface area contributed by atoms with Crippen molar-refractivity contribution in [1.82, 2.24) is 14.8 Å². The first-order valence-corrected chi connectivity index (χ1v) is 9.25. The SMILES string of the molecule is CCn1c(SCC(=O)c2ccc(C)cc2)nnc1-c1cccs1. The van der Waals surface area contributed by atoms with Crippen molar-refractivity contribution in [2.45, 2.75) is 25.5 Å². The monoisotopic (exact) mass is 343 g/mol. The Morgan fingerprint density at radius 1 is 1.22 bits per heavy atom. The van der Waals surface area contributed by atoms with Gasteiger partial charge in [0.05, 0.1) is 10.6 Å². The standard InChI is InChI=1S/C17H17N3OS2/c1-3-20-16(15-5-4-10-22-15)18-19-17(20)23-11-14(21)13-8-6-12(2)7-9-13/h4-10H,3,11H2,1-2H3. The van der Waals surface area contributed by atoms with Gasteiger partial charge in [-0.25, -0.2) is 0 Å². The van der Waals surface area contributed by atoms with E-state index >= 15 is 0 Å². The van der Waals surface area contributed by atoms with Crippen LogP contribution in [0.25, 0.3) is 10.7 Å². The van der Waals surface area contributed by atoms with Crippen molar-refractivity contribution in [3.63, 3.8) is 0 Å². The zero-order chi connectivity index (χ0) is 16.2. The highest BCUT2D eigenvalue weighted by molar-refractivity contribution is 7.99. The summed E-state index contributed by atoms with van der Waals surface area (Å²) in [5.74, 6) is 1.34. The molecule has 0 atom stereocenters. The smallest absolute Gasteiger partial charge is 0.191 e. The normalized spacial score (nSPS) is 10.9. The van der Waals surface area contributed by atoms with Gasteiger partial charge in [0.15, 0.2) is 16.8 Å². The van der Waals surface area contributed by atoms with Crippen molar-refractivity contribution in [2.75, 3.05) is 5.75 Å². The Labute approximate surface area is 143 Å². The van der Waals surface area contributed by atoms with Crippen LogP contribution in [0, 0.1) is 6.92 Å². The molecule has 0 saturated heterocycles. The lowest BCUT2D eigenvalue weighted by Crippen LogP contribution is -2.05. The molecule has 0 amide bonds. The van der Waals surface area contributed by atoms with Gasteiger partial charge in [0, 0.05) is 12.1 Å². The Kier molecular flexibility index (Phi) is 4.93. The molecule has 0 N–H and O–H groups in total. The number of hydrogen-bond donors (Lipinski definition) is 0. The Balaban J connectivity index is 1.73. The van der Waals surface area contributed by atoms with Crippen LogP contribution in [0.2, 0.25) is 0 Å². The number of nitrogens with zero attached hydrogens (tertiary/aromatic N) is 3. The van der Waals surface area contributed by atoms with Crippen LogP contribution in [0.3, 0.4) is 0 Å². The van der Waals surface area contributed by atoms with Gasteiger partial charge in [0.25, 0.3) is 0 Å². The molecule has 0 aliphatic carbocycles. The molecule has 0 spiro atoms. The quantitative estimate of drug-likeness (QED) is 0.494. The van der Waals surface area contributed by atoms with Crippen LogP contribution in [0.4, 0.5) is 0 Å². The molecule has 6 heteroatoms. The van der Waals surface area contributed by atoms with E-state index < -0.39 is 0 Å². The molecular weight excluding hydrogens is 326 g/mol. The Morgan fingerprint density at radius 2 is 2.00 bits per heavy atom. The summed E-state index contributed by atoms with van der Waals surface area (Å²) in [5.41, 5.74) is 1.89. The van der Waals surface area contributed by atoms with Crippen LogP contribution in [0.1, 0.15) is 22.8 Å². The maximum atomic E-state index is 12.3. The van der Waals surface area contributed by atoms with E-state index in [2.05, 4.69) is 21.7 Å². The molecule has 0 radical (unpaired) electrons. The van der Waals surface area contributed by atoms with Crippen LogP contribution >= 0.6 is 23.1 Å². The molecule has 118 valence electrons. The van der Waals surface area contributed by atoms with E-state index in [9.17, 15) is 4.79 Å². The molecule has 0 unspecified atom stereocenters. The molecule has 0 aliphatic heterocycles. The molecule has 0 bridgehead atoms. The molecule has 2 heterocycles. The Morgan fingerprint density at radius 3 is 2.65 bits per heavy atom. The van der Waals surface area contributed by atoms with Gasteiger partial charge in [0.1, 0.15) is 0 Å². The summed E-state index contributed by atoms with van der Waals surface area (Å²) in [6.45, 7) is 4.85. The third-order valence-corrected chi connectivity index (χ3v) is 5.31. The largest absolute Gasteiger partial charge is 0.302 e. The number of carbonyl (C=O) groups is 1. The molecule has 2 aromatic heterocycles. The highest BCUT2D eigenvalue weighted by Crippen LogP contribution is 2.27.